The summed E-state index contributed by atoms with van der Waals surface area (Å²) in [6, 6.07) is 11.9. The largest absolute Gasteiger partial charge is 0.396 e. The van der Waals surface area contributed by atoms with Crippen LogP contribution in [0.4, 0.5) is 5.69 Å². The van der Waals surface area contributed by atoms with Gasteiger partial charge in [0.25, 0.3) is 17.7 Å². The molecule has 156 valence electrons. The molecule has 0 spiro atoms. The first-order chi connectivity index (χ1) is 14.5. The Hall–Kier alpha value is -3.52. The summed E-state index contributed by atoms with van der Waals surface area (Å²) in [6.07, 6.45) is 0.639. The van der Waals surface area contributed by atoms with Gasteiger partial charge in [-0.15, -0.1) is 0 Å². The van der Waals surface area contributed by atoms with Crippen molar-refractivity contribution in [2.45, 2.75) is 25.8 Å². The molecule has 8 heteroatoms. The van der Waals surface area contributed by atoms with E-state index in [4.69, 9.17) is 5.11 Å². The quantitative estimate of drug-likeness (QED) is 0.454. The summed E-state index contributed by atoms with van der Waals surface area (Å²) >= 11 is 0. The maximum atomic E-state index is 13.0. The monoisotopic (exact) mass is 409 g/mol. The number of aliphatic hydroxyl groups is 1. The van der Waals surface area contributed by atoms with Crippen molar-refractivity contribution in [2.75, 3.05) is 18.5 Å². The van der Waals surface area contributed by atoms with Crippen LogP contribution in [0.25, 0.3) is 0 Å². The summed E-state index contributed by atoms with van der Waals surface area (Å²) in [5, 5.41) is 14.2. The lowest BCUT2D eigenvalue weighted by atomic mass is 10.1. The molecular weight excluding hydrogens is 386 g/mol. The van der Waals surface area contributed by atoms with Crippen molar-refractivity contribution < 1.29 is 24.3 Å². The summed E-state index contributed by atoms with van der Waals surface area (Å²) in [6.45, 7) is 1.96. The van der Waals surface area contributed by atoms with Gasteiger partial charge in [0, 0.05) is 13.2 Å². The van der Waals surface area contributed by atoms with Gasteiger partial charge in [-0.3, -0.25) is 24.1 Å². The number of nitrogens with one attached hydrogen (secondary N) is 2. The fourth-order valence-electron chi connectivity index (χ4n) is 3.36. The number of fused-ring (bicyclic) bond motifs is 1. The number of imide groups is 1. The summed E-state index contributed by atoms with van der Waals surface area (Å²) in [5.74, 6) is -1.96. The molecule has 1 aliphatic heterocycles. The number of hydrogen-bond donors (Lipinski definition) is 3. The van der Waals surface area contributed by atoms with Crippen molar-refractivity contribution >= 4 is 29.3 Å². The molecule has 3 N–H and O–H groups in total. The number of anilines is 1. The van der Waals surface area contributed by atoms with Crippen LogP contribution in [0.2, 0.25) is 0 Å². The molecule has 1 heterocycles. The highest BCUT2D eigenvalue weighted by molar-refractivity contribution is 6.23. The zero-order valence-corrected chi connectivity index (χ0v) is 16.6. The number of nitrogens with zero attached hydrogens (tertiary/aromatic N) is 1. The van der Waals surface area contributed by atoms with Crippen molar-refractivity contribution in [2.24, 2.45) is 0 Å². The molecule has 4 amide bonds. The second-order valence-electron chi connectivity index (χ2n) is 6.82. The molecule has 2 aromatic carbocycles. The first kappa shape index (κ1) is 21.2. The van der Waals surface area contributed by atoms with Crippen molar-refractivity contribution in [3.8, 4) is 0 Å². The average molecular weight is 409 g/mol. The molecular formula is C22H23N3O5. The van der Waals surface area contributed by atoms with E-state index in [1.54, 1.807) is 55.5 Å². The lowest BCUT2D eigenvalue weighted by Gasteiger charge is -2.24. The fraction of sp³-hybridized carbons (Fsp3) is 0.273. The number of para-hydroxylation sites is 1. The highest BCUT2D eigenvalue weighted by atomic mass is 16.3. The van der Waals surface area contributed by atoms with Gasteiger partial charge in [-0.2, -0.15) is 0 Å². The Kier molecular flexibility index (Phi) is 6.58. The molecule has 3 rings (SSSR count). The lowest BCUT2D eigenvalue weighted by molar-refractivity contribution is -0.120. The van der Waals surface area contributed by atoms with Crippen LogP contribution in [-0.2, 0) is 4.79 Å². The van der Waals surface area contributed by atoms with E-state index in [0.29, 0.717) is 13.0 Å². The average Bonchev–Trinajstić information content (AvgIpc) is 3.00. The van der Waals surface area contributed by atoms with Crippen molar-refractivity contribution in [1.29, 1.82) is 0 Å². The molecule has 1 atom stereocenters. The molecule has 1 aliphatic rings. The van der Waals surface area contributed by atoms with Crippen LogP contribution in [0.5, 0.6) is 0 Å². The normalized spacial score (nSPS) is 13.7. The molecule has 30 heavy (non-hydrogen) atoms. The molecule has 0 radical (unpaired) electrons. The summed E-state index contributed by atoms with van der Waals surface area (Å²) < 4.78 is 0. The molecule has 0 aliphatic carbocycles. The number of carbonyl (C=O) groups is 4. The number of amides is 4. The minimum atomic E-state index is -1.01. The first-order valence-corrected chi connectivity index (χ1v) is 9.75. The van der Waals surface area contributed by atoms with Crippen LogP contribution < -0.4 is 10.6 Å². The van der Waals surface area contributed by atoms with Crippen LogP contribution in [0.3, 0.4) is 0 Å². The van der Waals surface area contributed by atoms with E-state index >= 15 is 0 Å². The zero-order valence-electron chi connectivity index (χ0n) is 16.6. The minimum Gasteiger partial charge on any atom is -0.396 e. The van der Waals surface area contributed by atoms with Gasteiger partial charge in [0.1, 0.15) is 6.04 Å². The third kappa shape index (κ3) is 4.08. The van der Waals surface area contributed by atoms with Gasteiger partial charge in [-0.05, 0) is 37.1 Å². The van der Waals surface area contributed by atoms with E-state index in [-0.39, 0.29) is 35.4 Å². The van der Waals surface area contributed by atoms with Gasteiger partial charge in [0.15, 0.2) is 0 Å². The molecule has 0 bridgehead atoms. The SMILES string of the molecule is CCC(C(=O)Nc1ccccc1C(=O)NCCCO)N1C(=O)c2ccccc2C1=O. The van der Waals surface area contributed by atoms with E-state index in [1.807, 2.05) is 0 Å². The highest BCUT2D eigenvalue weighted by Crippen LogP contribution is 2.26. The smallest absolute Gasteiger partial charge is 0.262 e. The number of carbonyl (C=O) groups excluding carboxylic acids is 4. The Bertz CT molecular complexity index is 953. The Morgan fingerprint density at radius 3 is 2.20 bits per heavy atom. The van der Waals surface area contributed by atoms with E-state index in [1.165, 1.54) is 0 Å². The molecule has 8 nitrogen and oxygen atoms in total. The van der Waals surface area contributed by atoms with Crippen molar-refractivity contribution in [3.05, 3.63) is 65.2 Å². The van der Waals surface area contributed by atoms with Crippen molar-refractivity contribution in [1.82, 2.24) is 10.2 Å². The van der Waals surface area contributed by atoms with Crippen LogP contribution in [0, 0.1) is 0 Å². The number of hydrogen-bond acceptors (Lipinski definition) is 5. The number of aliphatic hydroxyl groups excluding tert-OH is 1. The Morgan fingerprint density at radius 2 is 1.60 bits per heavy atom. The Morgan fingerprint density at radius 1 is 1.00 bits per heavy atom. The third-order valence-corrected chi connectivity index (χ3v) is 4.88. The maximum Gasteiger partial charge on any atom is 0.262 e. The zero-order chi connectivity index (χ0) is 21.7. The predicted molar refractivity (Wildman–Crippen MR) is 110 cm³/mol. The highest BCUT2D eigenvalue weighted by Gasteiger charge is 2.42. The van der Waals surface area contributed by atoms with E-state index in [2.05, 4.69) is 10.6 Å². The summed E-state index contributed by atoms with van der Waals surface area (Å²) in [4.78, 5) is 51.8. The molecule has 0 aromatic heterocycles. The minimum absolute atomic E-state index is 0.0445. The van der Waals surface area contributed by atoms with Gasteiger partial charge in [-0.1, -0.05) is 31.2 Å². The lowest BCUT2D eigenvalue weighted by Crippen LogP contribution is -2.47. The molecule has 0 saturated heterocycles. The van der Waals surface area contributed by atoms with Gasteiger partial charge >= 0.3 is 0 Å². The van der Waals surface area contributed by atoms with Crippen LogP contribution in [-0.4, -0.2) is 52.8 Å². The molecule has 0 fully saturated rings. The molecule has 0 saturated carbocycles. The van der Waals surface area contributed by atoms with E-state index in [9.17, 15) is 19.2 Å². The maximum absolute atomic E-state index is 13.0. The first-order valence-electron chi connectivity index (χ1n) is 9.75. The van der Waals surface area contributed by atoms with Gasteiger partial charge in [0.05, 0.1) is 22.4 Å². The summed E-state index contributed by atoms with van der Waals surface area (Å²) in [7, 11) is 0. The molecule has 1 unspecified atom stereocenters. The van der Waals surface area contributed by atoms with E-state index < -0.39 is 29.7 Å². The number of rotatable bonds is 8. The number of benzene rings is 2. The standard InChI is InChI=1S/C22H23N3O5/c1-2-18(25-21(29)14-8-3-4-9-15(14)22(25)30)20(28)24-17-11-6-5-10-16(17)19(27)23-12-7-13-26/h3-6,8-11,18,26H,2,7,12-13H2,1H3,(H,23,27)(H,24,28). The fourth-order valence-corrected chi connectivity index (χ4v) is 3.36. The predicted octanol–water partition coefficient (Wildman–Crippen LogP) is 1.81. The van der Waals surface area contributed by atoms with E-state index in [0.717, 1.165) is 4.90 Å². The topological polar surface area (TPSA) is 116 Å². The van der Waals surface area contributed by atoms with Gasteiger partial charge in [0.2, 0.25) is 5.91 Å². The second-order valence-corrected chi connectivity index (χ2v) is 6.82. The Labute approximate surface area is 173 Å². The van der Waals surface area contributed by atoms with Crippen LogP contribution in [0.1, 0.15) is 50.8 Å². The third-order valence-electron chi connectivity index (χ3n) is 4.88. The van der Waals surface area contributed by atoms with Gasteiger partial charge in [-0.25, -0.2) is 0 Å². The molecule has 2 aromatic rings. The van der Waals surface area contributed by atoms with Crippen LogP contribution >= 0.6 is 0 Å². The van der Waals surface area contributed by atoms with Gasteiger partial charge < -0.3 is 15.7 Å². The van der Waals surface area contributed by atoms with Crippen LogP contribution in [0.15, 0.2) is 48.5 Å². The summed E-state index contributed by atoms with van der Waals surface area (Å²) in [5.41, 5.74) is 1.08. The Balaban J connectivity index is 1.80. The second kappa shape index (κ2) is 9.32. The van der Waals surface area contributed by atoms with Crippen molar-refractivity contribution in [3.63, 3.8) is 0 Å².